The van der Waals surface area contributed by atoms with Crippen molar-refractivity contribution < 1.29 is 10.2 Å². The maximum Gasteiger partial charge on any atom is 0.0895 e. The molecule has 0 heterocycles. The first-order chi connectivity index (χ1) is 7.63. The Morgan fingerprint density at radius 2 is 1.81 bits per heavy atom. The Bertz CT molecular complexity index is 295. The molecule has 90 valence electrons. The lowest BCUT2D eigenvalue weighted by atomic mass is 10.0. The molecule has 3 heteroatoms. The Labute approximate surface area is 97.1 Å². The van der Waals surface area contributed by atoms with Crippen LogP contribution in [0.2, 0.25) is 0 Å². The van der Waals surface area contributed by atoms with Crippen molar-refractivity contribution in [3.05, 3.63) is 35.4 Å². The summed E-state index contributed by atoms with van der Waals surface area (Å²) in [6, 6.07) is 8.44. The average Bonchev–Trinajstić information content (AvgIpc) is 2.29. The van der Waals surface area contributed by atoms with Gasteiger partial charge in [0.15, 0.2) is 0 Å². The quantitative estimate of drug-likeness (QED) is 0.680. The summed E-state index contributed by atoms with van der Waals surface area (Å²) in [5.74, 6) is 0.554. The molecule has 0 bridgehead atoms. The fourth-order valence-corrected chi connectivity index (χ4v) is 1.47. The van der Waals surface area contributed by atoms with Gasteiger partial charge in [-0.1, -0.05) is 38.1 Å². The summed E-state index contributed by atoms with van der Waals surface area (Å²) in [5, 5.41) is 20.9. The van der Waals surface area contributed by atoms with Crippen LogP contribution < -0.4 is 5.32 Å². The molecule has 0 fully saturated rings. The zero-order chi connectivity index (χ0) is 12.0. The summed E-state index contributed by atoms with van der Waals surface area (Å²) >= 11 is 0. The van der Waals surface area contributed by atoms with Crippen LogP contribution in [0.3, 0.4) is 0 Å². The number of aliphatic hydroxyl groups is 2. The second-order valence-electron chi connectivity index (χ2n) is 4.36. The van der Waals surface area contributed by atoms with Gasteiger partial charge in [-0.05, 0) is 17.0 Å². The van der Waals surface area contributed by atoms with E-state index in [0.717, 1.165) is 6.54 Å². The minimum atomic E-state index is -0.671. The van der Waals surface area contributed by atoms with E-state index in [0.29, 0.717) is 12.5 Å². The van der Waals surface area contributed by atoms with Crippen LogP contribution in [0.1, 0.15) is 30.9 Å². The average molecular weight is 223 g/mol. The number of hydrogen-bond donors (Lipinski definition) is 3. The monoisotopic (exact) mass is 223 g/mol. The Kier molecular flexibility index (Phi) is 5.46. The lowest BCUT2D eigenvalue weighted by Crippen LogP contribution is -2.28. The van der Waals surface area contributed by atoms with Crippen LogP contribution in [-0.4, -0.2) is 29.5 Å². The minimum absolute atomic E-state index is 0.195. The van der Waals surface area contributed by atoms with Gasteiger partial charge in [0.2, 0.25) is 0 Å². The highest BCUT2D eigenvalue weighted by Gasteiger charge is 2.01. The molecule has 0 aliphatic rings. The molecule has 3 nitrogen and oxygen atoms in total. The molecular weight excluding hydrogens is 202 g/mol. The fraction of sp³-hybridized carbons (Fsp3) is 0.538. The highest BCUT2D eigenvalue weighted by atomic mass is 16.3. The molecular formula is C13H21NO2. The van der Waals surface area contributed by atoms with Gasteiger partial charge in [-0.2, -0.15) is 0 Å². The molecule has 0 radical (unpaired) electrons. The van der Waals surface area contributed by atoms with Gasteiger partial charge in [0.1, 0.15) is 0 Å². The predicted molar refractivity (Wildman–Crippen MR) is 65.3 cm³/mol. The lowest BCUT2D eigenvalue weighted by molar-refractivity contribution is 0.0942. The molecule has 1 rings (SSSR count). The first kappa shape index (κ1) is 13.2. The van der Waals surface area contributed by atoms with E-state index in [-0.39, 0.29) is 6.61 Å². The Hall–Kier alpha value is -0.900. The molecule has 1 aromatic carbocycles. The third kappa shape index (κ3) is 4.31. The maximum absolute atomic E-state index is 9.14. The SMILES string of the molecule is CC(C)c1ccc(CNC[C@@H](O)CO)cc1. The van der Waals surface area contributed by atoms with Gasteiger partial charge in [0.05, 0.1) is 12.7 Å². The molecule has 0 aliphatic heterocycles. The molecule has 1 atom stereocenters. The van der Waals surface area contributed by atoms with Gasteiger partial charge in [0.25, 0.3) is 0 Å². The van der Waals surface area contributed by atoms with Crippen molar-refractivity contribution in [3.8, 4) is 0 Å². The van der Waals surface area contributed by atoms with Crippen molar-refractivity contribution >= 4 is 0 Å². The summed E-state index contributed by atoms with van der Waals surface area (Å²) in [4.78, 5) is 0. The zero-order valence-corrected chi connectivity index (χ0v) is 9.98. The number of rotatable bonds is 6. The smallest absolute Gasteiger partial charge is 0.0895 e. The topological polar surface area (TPSA) is 52.5 Å². The first-order valence-corrected chi connectivity index (χ1v) is 5.72. The van der Waals surface area contributed by atoms with Crippen LogP contribution in [0, 0.1) is 0 Å². The molecule has 0 aromatic heterocycles. The van der Waals surface area contributed by atoms with Crippen LogP contribution in [-0.2, 0) is 6.54 Å². The van der Waals surface area contributed by atoms with Crippen molar-refractivity contribution in [2.24, 2.45) is 0 Å². The van der Waals surface area contributed by atoms with Crippen LogP contribution in [0.4, 0.5) is 0 Å². The molecule has 0 saturated heterocycles. The third-order valence-electron chi connectivity index (χ3n) is 2.57. The molecule has 0 saturated carbocycles. The number of hydrogen-bond acceptors (Lipinski definition) is 3. The van der Waals surface area contributed by atoms with E-state index in [1.807, 2.05) is 0 Å². The molecule has 0 unspecified atom stereocenters. The summed E-state index contributed by atoms with van der Waals surface area (Å²) in [5.41, 5.74) is 2.52. The summed E-state index contributed by atoms with van der Waals surface area (Å²) < 4.78 is 0. The van der Waals surface area contributed by atoms with E-state index in [1.165, 1.54) is 11.1 Å². The second kappa shape index (κ2) is 6.63. The molecule has 16 heavy (non-hydrogen) atoms. The standard InChI is InChI=1S/C13H21NO2/c1-10(2)12-5-3-11(4-6-12)7-14-8-13(16)9-15/h3-6,10,13-16H,7-9H2,1-2H3/t13-/m1/s1. The first-order valence-electron chi connectivity index (χ1n) is 5.72. The van der Waals surface area contributed by atoms with Crippen LogP contribution in [0.25, 0.3) is 0 Å². The minimum Gasteiger partial charge on any atom is -0.394 e. The van der Waals surface area contributed by atoms with E-state index in [9.17, 15) is 0 Å². The number of aliphatic hydroxyl groups excluding tert-OH is 2. The van der Waals surface area contributed by atoms with Crippen molar-refractivity contribution in [1.29, 1.82) is 0 Å². The molecule has 0 aliphatic carbocycles. The Balaban J connectivity index is 2.38. The normalized spacial score (nSPS) is 13.1. The van der Waals surface area contributed by atoms with Gasteiger partial charge in [-0.15, -0.1) is 0 Å². The van der Waals surface area contributed by atoms with E-state index in [4.69, 9.17) is 10.2 Å². The molecule has 0 amide bonds. The van der Waals surface area contributed by atoms with Gasteiger partial charge in [-0.25, -0.2) is 0 Å². The van der Waals surface area contributed by atoms with E-state index >= 15 is 0 Å². The molecule has 1 aromatic rings. The van der Waals surface area contributed by atoms with Gasteiger partial charge < -0.3 is 15.5 Å². The van der Waals surface area contributed by atoms with Crippen LogP contribution in [0.15, 0.2) is 24.3 Å². The molecule has 0 spiro atoms. The van der Waals surface area contributed by atoms with Gasteiger partial charge >= 0.3 is 0 Å². The lowest BCUT2D eigenvalue weighted by Gasteiger charge is -2.10. The number of benzene rings is 1. The van der Waals surface area contributed by atoms with Crippen molar-refractivity contribution in [3.63, 3.8) is 0 Å². The van der Waals surface area contributed by atoms with Crippen molar-refractivity contribution in [2.75, 3.05) is 13.2 Å². The third-order valence-corrected chi connectivity index (χ3v) is 2.57. The fourth-order valence-electron chi connectivity index (χ4n) is 1.47. The number of nitrogens with one attached hydrogen (secondary N) is 1. The molecule has 3 N–H and O–H groups in total. The van der Waals surface area contributed by atoms with Gasteiger partial charge in [0, 0.05) is 13.1 Å². The van der Waals surface area contributed by atoms with E-state index in [1.54, 1.807) is 0 Å². The van der Waals surface area contributed by atoms with Crippen molar-refractivity contribution in [2.45, 2.75) is 32.4 Å². The Morgan fingerprint density at radius 1 is 1.19 bits per heavy atom. The second-order valence-corrected chi connectivity index (χ2v) is 4.36. The summed E-state index contributed by atoms with van der Waals surface area (Å²) in [7, 11) is 0. The van der Waals surface area contributed by atoms with Crippen LogP contribution in [0.5, 0.6) is 0 Å². The zero-order valence-electron chi connectivity index (χ0n) is 9.98. The predicted octanol–water partition coefficient (Wildman–Crippen LogP) is 1.25. The maximum atomic E-state index is 9.14. The highest BCUT2D eigenvalue weighted by Crippen LogP contribution is 2.14. The van der Waals surface area contributed by atoms with Crippen molar-refractivity contribution in [1.82, 2.24) is 5.32 Å². The Morgan fingerprint density at radius 3 is 2.31 bits per heavy atom. The summed E-state index contributed by atoms with van der Waals surface area (Å²) in [6.07, 6.45) is -0.671. The summed E-state index contributed by atoms with van der Waals surface area (Å²) in [6.45, 7) is 5.28. The van der Waals surface area contributed by atoms with E-state index in [2.05, 4.69) is 43.4 Å². The van der Waals surface area contributed by atoms with Gasteiger partial charge in [-0.3, -0.25) is 0 Å². The highest BCUT2D eigenvalue weighted by molar-refractivity contribution is 5.24. The van der Waals surface area contributed by atoms with E-state index < -0.39 is 6.10 Å². The van der Waals surface area contributed by atoms with Crippen LogP contribution >= 0.6 is 0 Å². The largest absolute Gasteiger partial charge is 0.394 e.